The molecule has 1 saturated carbocycles. The van der Waals surface area contributed by atoms with Crippen LogP contribution >= 0.6 is 12.4 Å². The number of halogens is 2. The van der Waals surface area contributed by atoms with Gasteiger partial charge in [0.05, 0.1) is 4.90 Å². The minimum Gasteiger partial charge on any atom is -0.327 e. The van der Waals surface area contributed by atoms with Crippen molar-refractivity contribution in [2.75, 3.05) is 13.1 Å². The fraction of sp³-hybridized carbons (Fsp3) is 0.571. The number of fused-ring (bicyclic) bond motifs is 1. The summed E-state index contributed by atoms with van der Waals surface area (Å²) in [5, 5.41) is 0. The van der Waals surface area contributed by atoms with Crippen LogP contribution in [0.25, 0.3) is 0 Å². The Labute approximate surface area is 131 Å². The molecule has 118 valence electrons. The van der Waals surface area contributed by atoms with Crippen LogP contribution in [0.5, 0.6) is 0 Å². The van der Waals surface area contributed by atoms with Crippen LogP contribution in [0, 0.1) is 17.7 Å². The van der Waals surface area contributed by atoms with E-state index in [9.17, 15) is 12.8 Å². The van der Waals surface area contributed by atoms with E-state index in [4.69, 9.17) is 5.73 Å². The fourth-order valence-electron chi connectivity index (χ4n) is 3.43. The lowest BCUT2D eigenvalue weighted by atomic mass is 9.78. The maximum absolute atomic E-state index is 12.9. The molecule has 1 heterocycles. The van der Waals surface area contributed by atoms with Crippen LogP contribution < -0.4 is 5.73 Å². The zero-order valence-electron chi connectivity index (χ0n) is 11.6. The monoisotopic (exact) mass is 334 g/mol. The number of benzene rings is 1. The SMILES string of the molecule is Cl.NC1CCCC2CN(S(=O)(=O)c3ccc(F)cc3)CC12. The first-order valence-corrected chi connectivity index (χ1v) is 8.44. The van der Waals surface area contributed by atoms with Gasteiger partial charge in [-0.3, -0.25) is 0 Å². The lowest BCUT2D eigenvalue weighted by molar-refractivity contribution is 0.260. The molecule has 21 heavy (non-hydrogen) atoms. The Bertz CT molecular complexity index is 593. The molecule has 1 aliphatic carbocycles. The van der Waals surface area contributed by atoms with Gasteiger partial charge in [0, 0.05) is 19.1 Å². The molecular weight excluding hydrogens is 315 g/mol. The Balaban J connectivity index is 0.00000161. The molecule has 1 aliphatic heterocycles. The van der Waals surface area contributed by atoms with Crippen molar-refractivity contribution in [2.24, 2.45) is 17.6 Å². The minimum absolute atomic E-state index is 0. The topological polar surface area (TPSA) is 63.4 Å². The van der Waals surface area contributed by atoms with Gasteiger partial charge in [0.15, 0.2) is 0 Å². The van der Waals surface area contributed by atoms with Gasteiger partial charge in [0.25, 0.3) is 0 Å². The van der Waals surface area contributed by atoms with Crippen LogP contribution in [0.4, 0.5) is 4.39 Å². The van der Waals surface area contributed by atoms with Crippen LogP contribution in [0.3, 0.4) is 0 Å². The predicted octanol–water partition coefficient (Wildman–Crippen LogP) is 2.00. The number of hydrogen-bond donors (Lipinski definition) is 1. The number of hydrogen-bond acceptors (Lipinski definition) is 3. The molecule has 3 rings (SSSR count). The van der Waals surface area contributed by atoms with Gasteiger partial charge in [-0.25, -0.2) is 12.8 Å². The van der Waals surface area contributed by atoms with Gasteiger partial charge >= 0.3 is 0 Å². The summed E-state index contributed by atoms with van der Waals surface area (Å²) in [4.78, 5) is 0.158. The van der Waals surface area contributed by atoms with E-state index in [0.717, 1.165) is 19.3 Å². The van der Waals surface area contributed by atoms with Crippen molar-refractivity contribution in [3.05, 3.63) is 30.1 Å². The summed E-state index contributed by atoms with van der Waals surface area (Å²) in [6.07, 6.45) is 3.10. The molecule has 0 amide bonds. The normalized spacial score (nSPS) is 29.7. The molecule has 3 atom stereocenters. The van der Waals surface area contributed by atoms with Crippen LogP contribution in [0.1, 0.15) is 19.3 Å². The van der Waals surface area contributed by atoms with Crippen LogP contribution in [-0.2, 0) is 10.0 Å². The Hall–Kier alpha value is -0.690. The summed E-state index contributed by atoms with van der Waals surface area (Å²) in [6.45, 7) is 1.03. The maximum Gasteiger partial charge on any atom is 0.243 e. The van der Waals surface area contributed by atoms with E-state index in [-0.39, 0.29) is 29.3 Å². The van der Waals surface area contributed by atoms with Crippen LogP contribution in [-0.4, -0.2) is 31.9 Å². The van der Waals surface area contributed by atoms with E-state index in [1.165, 1.54) is 28.6 Å². The molecule has 1 aromatic rings. The lowest BCUT2D eigenvalue weighted by Crippen LogP contribution is -2.38. The van der Waals surface area contributed by atoms with E-state index < -0.39 is 15.8 Å². The van der Waals surface area contributed by atoms with E-state index in [0.29, 0.717) is 19.0 Å². The van der Waals surface area contributed by atoms with Crippen LogP contribution in [0.2, 0.25) is 0 Å². The van der Waals surface area contributed by atoms with Gasteiger partial charge in [0.2, 0.25) is 10.0 Å². The first-order chi connectivity index (χ1) is 9.48. The largest absolute Gasteiger partial charge is 0.327 e. The zero-order valence-corrected chi connectivity index (χ0v) is 13.2. The molecule has 0 radical (unpaired) electrons. The summed E-state index contributed by atoms with van der Waals surface area (Å²) < 4.78 is 39.6. The number of nitrogens with zero attached hydrogens (tertiary/aromatic N) is 1. The van der Waals surface area contributed by atoms with Crippen molar-refractivity contribution < 1.29 is 12.8 Å². The van der Waals surface area contributed by atoms with Crippen LogP contribution in [0.15, 0.2) is 29.2 Å². The van der Waals surface area contributed by atoms with Crippen molar-refractivity contribution in [3.8, 4) is 0 Å². The quantitative estimate of drug-likeness (QED) is 0.899. The predicted molar refractivity (Wildman–Crippen MR) is 81.2 cm³/mol. The van der Waals surface area contributed by atoms with Crippen molar-refractivity contribution in [2.45, 2.75) is 30.2 Å². The highest BCUT2D eigenvalue weighted by Gasteiger charge is 2.43. The van der Waals surface area contributed by atoms with E-state index >= 15 is 0 Å². The molecule has 2 aliphatic rings. The molecule has 0 bridgehead atoms. The molecule has 1 saturated heterocycles. The Kier molecular flexibility index (Phi) is 4.92. The van der Waals surface area contributed by atoms with Gasteiger partial charge in [-0.15, -0.1) is 12.4 Å². The van der Waals surface area contributed by atoms with E-state index in [2.05, 4.69) is 0 Å². The second-order valence-corrected chi connectivity index (χ2v) is 7.73. The average Bonchev–Trinajstić information content (AvgIpc) is 2.85. The third-order valence-electron chi connectivity index (χ3n) is 4.57. The zero-order chi connectivity index (χ0) is 14.3. The number of sulfonamides is 1. The molecular formula is C14H20ClFN2O2S. The standard InChI is InChI=1S/C14H19FN2O2S.ClH/c15-11-4-6-12(7-5-11)20(18,19)17-8-10-2-1-3-14(16)13(10)9-17;/h4-7,10,13-14H,1-3,8-9,16H2;1H. The Morgan fingerprint density at radius 2 is 1.81 bits per heavy atom. The van der Waals surface area contributed by atoms with E-state index in [1.807, 2.05) is 0 Å². The second-order valence-electron chi connectivity index (χ2n) is 5.79. The second kappa shape index (κ2) is 6.20. The highest BCUT2D eigenvalue weighted by Crippen LogP contribution is 2.37. The summed E-state index contributed by atoms with van der Waals surface area (Å²) in [5.74, 6) is 0.203. The van der Waals surface area contributed by atoms with E-state index in [1.54, 1.807) is 0 Å². The molecule has 2 N–H and O–H groups in total. The smallest absolute Gasteiger partial charge is 0.243 e. The van der Waals surface area contributed by atoms with Crippen molar-refractivity contribution in [1.29, 1.82) is 0 Å². The molecule has 7 heteroatoms. The summed E-state index contributed by atoms with van der Waals surface area (Å²) in [5.41, 5.74) is 6.11. The fourth-order valence-corrected chi connectivity index (χ4v) is 4.96. The highest BCUT2D eigenvalue weighted by molar-refractivity contribution is 7.89. The van der Waals surface area contributed by atoms with Crippen molar-refractivity contribution in [3.63, 3.8) is 0 Å². The molecule has 0 spiro atoms. The third kappa shape index (κ3) is 3.08. The van der Waals surface area contributed by atoms with Gasteiger partial charge in [-0.05, 0) is 48.9 Å². The van der Waals surface area contributed by atoms with Gasteiger partial charge in [-0.1, -0.05) is 6.42 Å². The molecule has 2 fully saturated rings. The summed E-state index contributed by atoms with van der Waals surface area (Å²) in [7, 11) is -3.53. The first kappa shape index (κ1) is 16.7. The maximum atomic E-state index is 12.9. The molecule has 0 aromatic heterocycles. The molecule has 3 unspecified atom stereocenters. The third-order valence-corrected chi connectivity index (χ3v) is 6.42. The van der Waals surface area contributed by atoms with Crippen molar-refractivity contribution in [1.82, 2.24) is 4.31 Å². The number of rotatable bonds is 2. The van der Waals surface area contributed by atoms with Gasteiger partial charge in [-0.2, -0.15) is 4.31 Å². The Morgan fingerprint density at radius 3 is 2.43 bits per heavy atom. The highest BCUT2D eigenvalue weighted by atomic mass is 35.5. The molecule has 1 aromatic carbocycles. The first-order valence-electron chi connectivity index (χ1n) is 7.00. The average molecular weight is 335 g/mol. The lowest BCUT2D eigenvalue weighted by Gasteiger charge is -2.29. The van der Waals surface area contributed by atoms with Gasteiger partial charge < -0.3 is 5.73 Å². The summed E-state index contributed by atoms with van der Waals surface area (Å²) in [6, 6.07) is 5.12. The van der Waals surface area contributed by atoms with Crippen molar-refractivity contribution >= 4 is 22.4 Å². The number of nitrogens with two attached hydrogens (primary N) is 1. The Morgan fingerprint density at radius 1 is 1.14 bits per heavy atom. The summed E-state index contributed by atoms with van der Waals surface area (Å²) >= 11 is 0. The minimum atomic E-state index is -3.53. The van der Waals surface area contributed by atoms with Gasteiger partial charge in [0.1, 0.15) is 5.82 Å². The molecule has 4 nitrogen and oxygen atoms in total.